The number of carbonyl (C=O) groups is 3. The molecule has 2 N–H and O–H groups in total. The molecule has 0 fully saturated rings. The fraction of sp³-hybridized carbons (Fsp3) is 0.316. The second-order valence-corrected chi connectivity index (χ2v) is 7.17. The molecule has 142 valence electrons. The Morgan fingerprint density at radius 2 is 1.96 bits per heavy atom. The number of nitrogens with one attached hydrogen (secondary N) is 1. The van der Waals surface area contributed by atoms with Gasteiger partial charge >= 0.3 is 11.9 Å². The number of rotatable bonds is 6. The molecule has 1 aromatic carbocycles. The van der Waals surface area contributed by atoms with Gasteiger partial charge in [0.2, 0.25) is 5.91 Å². The summed E-state index contributed by atoms with van der Waals surface area (Å²) >= 11 is 1.33. The van der Waals surface area contributed by atoms with E-state index in [2.05, 4.69) is 5.32 Å². The number of ether oxygens (including phenoxy) is 2. The monoisotopic (exact) mass is 389 g/mol. The quantitative estimate of drug-likeness (QED) is 0.736. The smallest absolute Gasteiger partial charge is 0.341 e. The third-order valence-electron chi connectivity index (χ3n) is 4.39. The lowest BCUT2D eigenvalue weighted by atomic mass is 9.88. The number of carbonyl (C=O) groups excluding carboxylic acids is 2. The molecule has 0 saturated carbocycles. The predicted molar refractivity (Wildman–Crippen MR) is 101 cm³/mol. The summed E-state index contributed by atoms with van der Waals surface area (Å²) in [6.07, 6.45) is 1.10. The molecule has 0 atom stereocenters. The first-order chi connectivity index (χ1) is 12.9. The van der Waals surface area contributed by atoms with E-state index in [1.165, 1.54) is 18.4 Å². The van der Waals surface area contributed by atoms with Crippen LogP contribution in [0.1, 0.15) is 33.6 Å². The summed E-state index contributed by atoms with van der Waals surface area (Å²) in [6, 6.07) is 5.68. The fourth-order valence-corrected chi connectivity index (χ4v) is 4.35. The molecule has 0 unspecified atom stereocenters. The number of hydrogen-bond acceptors (Lipinski definition) is 6. The highest BCUT2D eigenvalue weighted by Crippen LogP contribution is 2.46. The van der Waals surface area contributed by atoms with Crippen molar-refractivity contribution in [1.82, 2.24) is 0 Å². The van der Waals surface area contributed by atoms with Crippen LogP contribution in [0.4, 0.5) is 5.00 Å². The van der Waals surface area contributed by atoms with Crippen LogP contribution in [0.3, 0.4) is 0 Å². The summed E-state index contributed by atoms with van der Waals surface area (Å²) in [7, 11) is 2.89. The minimum Gasteiger partial charge on any atom is -0.497 e. The average molecular weight is 389 g/mol. The molecule has 1 aromatic heterocycles. The van der Waals surface area contributed by atoms with Crippen LogP contribution >= 0.6 is 11.3 Å². The topological polar surface area (TPSA) is 102 Å². The van der Waals surface area contributed by atoms with E-state index >= 15 is 0 Å². The van der Waals surface area contributed by atoms with Gasteiger partial charge in [-0.1, -0.05) is 6.07 Å². The number of fused-ring (bicyclic) bond motifs is 3. The third kappa shape index (κ3) is 3.80. The van der Waals surface area contributed by atoms with Crippen LogP contribution in [-0.4, -0.2) is 37.2 Å². The number of carboxylic acids is 1. The number of hydrogen-bond donors (Lipinski definition) is 2. The van der Waals surface area contributed by atoms with Crippen LogP contribution in [0.25, 0.3) is 11.1 Å². The van der Waals surface area contributed by atoms with Gasteiger partial charge in [0.1, 0.15) is 16.3 Å². The van der Waals surface area contributed by atoms with Crippen LogP contribution in [0.15, 0.2) is 18.2 Å². The molecule has 8 heteroatoms. The lowest BCUT2D eigenvalue weighted by Crippen LogP contribution is -2.15. The molecule has 3 rings (SSSR count). The van der Waals surface area contributed by atoms with Gasteiger partial charge in [-0.15, -0.1) is 11.3 Å². The van der Waals surface area contributed by atoms with Crippen molar-refractivity contribution in [2.45, 2.75) is 25.7 Å². The number of aliphatic carboxylic acids is 1. The second kappa shape index (κ2) is 7.79. The van der Waals surface area contributed by atoms with Crippen molar-refractivity contribution in [3.05, 3.63) is 34.2 Å². The molecule has 1 amide bonds. The molecule has 27 heavy (non-hydrogen) atoms. The Morgan fingerprint density at radius 3 is 2.63 bits per heavy atom. The molecule has 0 saturated heterocycles. The van der Waals surface area contributed by atoms with Crippen molar-refractivity contribution in [3.63, 3.8) is 0 Å². The molecule has 0 spiro atoms. The zero-order chi connectivity index (χ0) is 19.6. The van der Waals surface area contributed by atoms with Crippen LogP contribution in [0.5, 0.6) is 5.75 Å². The highest BCUT2D eigenvalue weighted by molar-refractivity contribution is 7.17. The Bertz CT molecular complexity index is 917. The number of benzene rings is 1. The zero-order valence-electron chi connectivity index (χ0n) is 15.0. The standard InChI is InChI=1S/C19H19NO6S/c1-25-11-4-5-12-10(9-11)3-6-13-16(12)17(19(24)26-2)18(27-13)20-14(21)7-8-15(22)23/h4-5,9H,3,6-8H2,1-2H3,(H,20,21)(H,22,23). The first-order valence-electron chi connectivity index (χ1n) is 8.37. The van der Waals surface area contributed by atoms with E-state index in [-0.39, 0.29) is 12.8 Å². The zero-order valence-corrected chi connectivity index (χ0v) is 15.8. The Balaban J connectivity index is 2.02. The van der Waals surface area contributed by atoms with Crippen molar-refractivity contribution in [3.8, 4) is 16.9 Å². The van der Waals surface area contributed by atoms with Crippen molar-refractivity contribution in [1.29, 1.82) is 0 Å². The number of anilines is 1. The molecule has 1 aliphatic carbocycles. The van der Waals surface area contributed by atoms with E-state index in [0.717, 1.165) is 40.2 Å². The first kappa shape index (κ1) is 18.9. The molecule has 1 heterocycles. The number of esters is 1. The maximum absolute atomic E-state index is 12.5. The Morgan fingerprint density at radius 1 is 1.19 bits per heavy atom. The van der Waals surface area contributed by atoms with Crippen LogP contribution in [0, 0.1) is 0 Å². The Kier molecular flexibility index (Phi) is 5.46. The summed E-state index contributed by atoms with van der Waals surface area (Å²) in [5, 5.41) is 11.8. The predicted octanol–water partition coefficient (Wildman–Crippen LogP) is 3.11. The first-order valence-corrected chi connectivity index (χ1v) is 9.19. The van der Waals surface area contributed by atoms with Gasteiger partial charge in [0.05, 0.1) is 20.6 Å². The number of carboxylic acid groups (broad SMARTS) is 1. The highest BCUT2D eigenvalue weighted by Gasteiger charge is 2.30. The molecule has 7 nitrogen and oxygen atoms in total. The van der Waals surface area contributed by atoms with E-state index in [4.69, 9.17) is 14.6 Å². The molecule has 0 radical (unpaired) electrons. The molecule has 1 aliphatic rings. The number of thiophene rings is 1. The van der Waals surface area contributed by atoms with E-state index in [0.29, 0.717) is 10.6 Å². The molecule has 0 bridgehead atoms. The van der Waals surface area contributed by atoms with Gasteiger partial charge in [-0.05, 0) is 36.1 Å². The molecular weight excluding hydrogens is 370 g/mol. The minimum atomic E-state index is -1.05. The second-order valence-electron chi connectivity index (χ2n) is 6.06. The number of amides is 1. The number of aryl methyl sites for hydroxylation is 2. The van der Waals surface area contributed by atoms with Gasteiger partial charge in [0.15, 0.2) is 0 Å². The van der Waals surface area contributed by atoms with Gasteiger partial charge in [-0.3, -0.25) is 9.59 Å². The fourth-order valence-electron chi connectivity index (χ4n) is 3.13. The Hall–Kier alpha value is -2.87. The van der Waals surface area contributed by atoms with Gasteiger partial charge in [-0.25, -0.2) is 4.79 Å². The van der Waals surface area contributed by atoms with Crippen molar-refractivity contribution >= 4 is 34.2 Å². The highest BCUT2D eigenvalue weighted by atomic mass is 32.1. The van der Waals surface area contributed by atoms with Crippen molar-refractivity contribution < 1.29 is 29.0 Å². The SMILES string of the molecule is COC(=O)c1c(NC(=O)CCC(=O)O)sc2c1-c1ccc(OC)cc1CC2. The van der Waals surface area contributed by atoms with Crippen molar-refractivity contribution in [2.75, 3.05) is 19.5 Å². The van der Waals surface area contributed by atoms with E-state index in [1.54, 1.807) is 7.11 Å². The summed E-state index contributed by atoms with van der Waals surface area (Å²) in [5.41, 5.74) is 3.06. The molecule has 2 aromatic rings. The van der Waals surface area contributed by atoms with Crippen LogP contribution in [0.2, 0.25) is 0 Å². The Labute approximate surface area is 159 Å². The maximum Gasteiger partial charge on any atom is 0.341 e. The normalized spacial score (nSPS) is 11.9. The van der Waals surface area contributed by atoms with E-state index < -0.39 is 17.8 Å². The number of methoxy groups -OCH3 is 2. The average Bonchev–Trinajstić information content (AvgIpc) is 3.03. The minimum absolute atomic E-state index is 0.160. The van der Waals surface area contributed by atoms with E-state index in [1.807, 2.05) is 18.2 Å². The van der Waals surface area contributed by atoms with Crippen molar-refractivity contribution in [2.24, 2.45) is 0 Å². The summed E-state index contributed by atoms with van der Waals surface area (Å²) in [5.74, 6) is -1.29. The van der Waals surface area contributed by atoms with Gasteiger partial charge in [0, 0.05) is 16.9 Å². The van der Waals surface area contributed by atoms with Gasteiger partial charge in [0.25, 0.3) is 0 Å². The van der Waals surface area contributed by atoms with E-state index in [9.17, 15) is 14.4 Å². The largest absolute Gasteiger partial charge is 0.497 e. The maximum atomic E-state index is 12.5. The third-order valence-corrected chi connectivity index (χ3v) is 5.56. The molecule has 0 aliphatic heterocycles. The lowest BCUT2D eigenvalue weighted by molar-refractivity contribution is -0.138. The summed E-state index contributed by atoms with van der Waals surface area (Å²) in [4.78, 5) is 36.2. The van der Waals surface area contributed by atoms with Gasteiger partial charge in [-0.2, -0.15) is 0 Å². The van der Waals surface area contributed by atoms with Crippen LogP contribution in [-0.2, 0) is 27.2 Å². The summed E-state index contributed by atoms with van der Waals surface area (Å²) < 4.78 is 10.2. The molecular formula is C19H19NO6S. The van der Waals surface area contributed by atoms with Crippen LogP contribution < -0.4 is 10.1 Å². The van der Waals surface area contributed by atoms with Gasteiger partial charge < -0.3 is 19.9 Å². The summed E-state index contributed by atoms with van der Waals surface area (Å²) in [6.45, 7) is 0. The lowest BCUT2D eigenvalue weighted by Gasteiger charge is -2.18.